The predicted octanol–water partition coefficient (Wildman–Crippen LogP) is 4.56. The van der Waals surface area contributed by atoms with E-state index in [1.807, 2.05) is 0 Å². The minimum absolute atomic E-state index is 0.542. The van der Waals surface area contributed by atoms with Gasteiger partial charge in [0.05, 0.1) is 0 Å². The maximum Gasteiger partial charge on any atom is -0.00545 e. The molecule has 3 rings (SSSR count). The van der Waals surface area contributed by atoms with E-state index in [2.05, 4.69) is 27.4 Å². The van der Waals surface area contributed by atoms with Crippen LogP contribution in [0.25, 0.3) is 0 Å². The van der Waals surface area contributed by atoms with Gasteiger partial charge in [0.25, 0.3) is 0 Å². The van der Waals surface area contributed by atoms with Crippen LogP contribution in [0.5, 0.6) is 0 Å². The number of hydrogen-bond acceptors (Lipinski definition) is 0. The fourth-order valence-corrected chi connectivity index (χ4v) is 5.65. The van der Waals surface area contributed by atoms with Gasteiger partial charge in [-0.1, -0.05) is 32.4 Å². The van der Waals surface area contributed by atoms with Gasteiger partial charge >= 0.3 is 0 Å². The Morgan fingerprint density at radius 2 is 1.93 bits per heavy atom. The average molecular weight is 204 g/mol. The van der Waals surface area contributed by atoms with Crippen LogP contribution in [0.1, 0.15) is 59.3 Å². The smallest absolute Gasteiger partial charge is 0.00545 e. The van der Waals surface area contributed by atoms with E-state index >= 15 is 0 Å². The molecule has 84 valence electrons. The van der Waals surface area contributed by atoms with Gasteiger partial charge in [0.1, 0.15) is 0 Å². The van der Waals surface area contributed by atoms with Crippen molar-refractivity contribution >= 4 is 0 Å². The summed E-state index contributed by atoms with van der Waals surface area (Å²) in [6, 6.07) is 0. The Balaban J connectivity index is 2.14. The third-order valence-electron chi connectivity index (χ3n) is 6.67. The standard InChI is InChI=1S/C15H24/c1-11(2)15-8-5-7-14(4)12(15)6-9-13(14,3)10-15/h12H,1,5-10H2,2-4H3/t12-,13+,14-,15+/m0/s1. The van der Waals surface area contributed by atoms with E-state index in [4.69, 9.17) is 0 Å². The van der Waals surface area contributed by atoms with Gasteiger partial charge in [-0.2, -0.15) is 0 Å². The molecule has 15 heavy (non-hydrogen) atoms. The highest BCUT2D eigenvalue weighted by Crippen LogP contribution is 2.78. The van der Waals surface area contributed by atoms with Crippen molar-refractivity contribution in [1.29, 1.82) is 0 Å². The normalized spacial score (nSPS) is 57.1. The Hall–Kier alpha value is -0.260. The molecule has 4 bridgehead atoms. The summed E-state index contributed by atoms with van der Waals surface area (Å²) in [5.41, 5.74) is 3.30. The average Bonchev–Trinajstić information content (AvgIpc) is 2.45. The van der Waals surface area contributed by atoms with Gasteiger partial charge < -0.3 is 0 Å². The summed E-state index contributed by atoms with van der Waals surface area (Å²) in [5, 5.41) is 0. The minimum atomic E-state index is 0.542. The number of allylic oxidation sites excluding steroid dienone is 1. The van der Waals surface area contributed by atoms with Crippen molar-refractivity contribution in [3.63, 3.8) is 0 Å². The molecule has 3 aliphatic rings. The molecule has 0 aliphatic heterocycles. The molecule has 0 spiro atoms. The van der Waals surface area contributed by atoms with Gasteiger partial charge in [-0.05, 0) is 61.2 Å². The largest absolute Gasteiger partial charge is 0.0996 e. The van der Waals surface area contributed by atoms with Crippen molar-refractivity contribution in [2.75, 3.05) is 0 Å². The predicted molar refractivity (Wildman–Crippen MR) is 64.7 cm³/mol. The fourth-order valence-electron chi connectivity index (χ4n) is 5.65. The maximum absolute atomic E-state index is 4.33. The van der Waals surface area contributed by atoms with Gasteiger partial charge in [0, 0.05) is 0 Å². The van der Waals surface area contributed by atoms with E-state index in [9.17, 15) is 0 Å². The summed E-state index contributed by atoms with van der Waals surface area (Å²) in [6.07, 6.45) is 8.73. The molecule has 0 radical (unpaired) electrons. The van der Waals surface area contributed by atoms with Crippen LogP contribution in [-0.4, -0.2) is 0 Å². The lowest BCUT2D eigenvalue weighted by Crippen LogP contribution is -2.37. The highest BCUT2D eigenvalue weighted by Gasteiger charge is 2.69. The van der Waals surface area contributed by atoms with Crippen LogP contribution in [0.15, 0.2) is 12.2 Å². The Labute approximate surface area is 94.1 Å². The van der Waals surface area contributed by atoms with E-state index < -0.39 is 0 Å². The number of hydrogen-bond donors (Lipinski definition) is 0. The van der Waals surface area contributed by atoms with Crippen molar-refractivity contribution < 1.29 is 0 Å². The molecule has 0 aromatic carbocycles. The minimum Gasteiger partial charge on any atom is -0.0996 e. The topological polar surface area (TPSA) is 0 Å². The van der Waals surface area contributed by atoms with Crippen molar-refractivity contribution in [3.05, 3.63) is 12.2 Å². The lowest BCUT2D eigenvalue weighted by Gasteiger charge is -2.45. The quantitative estimate of drug-likeness (QED) is 0.549. The summed E-state index contributed by atoms with van der Waals surface area (Å²) in [6.45, 7) is 11.8. The molecular weight excluding hydrogens is 180 g/mol. The molecule has 0 saturated heterocycles. The Morgan fingerprint density at radius 3 is 2.53 bits per heavy atom. The van der Waals surface area contributed by atoms with Crippen molar-refractivity contribution in [2.45, 2.75) is 59.3 Å². The first-order chi connectivity index (χ1) is 6.95. The van der Waals surface area contributed by atoms with E-state index in [1.165, 1.54) is 44.1 Å². The Kier molecular flexibility index (Phi) is 1.67. The molecule has 4 atom stereocenters. The monoisotopic (exact) mass is 204 g/mol. The first kappa shape index (κ1) is 9.93. The zero-order valence-electron chi connectivity index (χ0n) is 10.5. The molecule has 0 heterocycles. The van der Waals surface area contributed by atoms with E-state index in [0.29, 0.717) is 16.2 Å². The molecule has 0 aromatic rings. The molecule has 0 aromatic heterocycles. The zero-order chi connectivity index (χ0) is 10.9. The van der Waals surface area contributed by atoms with Crippen LogP contribution >= 0.6 is 0 Å². The number of rotatable bonds is 1. The Morgan fingerprint density at radius 1 is 1.20 bits per heavy atom. The van der Waals surface area contributed by atoms with E-state index in [-0.39, 0.29) is 0 Å². The highest BCUT2D eigenvalue weighted by atomic mass is 14.7. The molecule has 0 nitrogen and oxygen atoms in total. The molecule has 3 saturated carbocycles. The molecule has 0 heteroatoms. The zero-order valence-corrected chi connectivity index (χ0v) is 10.5. The lowest BCUT2D eigenvalue weighted by molar-refractivity contribution is 0.0726. The Bertz CT molecular complexity index is 329. The third kappa shape index (κ3) is 0.867. The van der Waals surface area contributed by atoms with Crippen LogP contribution in [0.4, 0.5) is 0 Å². The van der Waals surface area contributed by atoms with E-state index in [1.54, 1.807) is 0 Å². The lowest BCUT2D eigenvalue weighted by atomic mass is 9.59. The highest BCUT2D eigenvalue weighted by molar-refractivity contribution is 5.27. The van der Waals surface area contributed by atoms with Crippen LogP contribution in [0.2, 0.25) is 0 Å². The first-order valence-corrected chi connectivity index (χ1v) is 6.61. The van der Waals surface area contributed by atoms with Crippen LogP contribution in [0.3, 0.4) is 0 Å². The van der Waals surface area contributed by atoms with Gasteiger partial charge in [0.15, 0.2) is 0 Å². The fraction of sp³-hybridized carbons (Fsp3) is 0.867. The second kappa shape index (κ2) is 2.52. The van der Waals surface area contributed by atoms with Gasteiger partial charge in [-0.25, -0.2) is 0 Å². The third-order valence-corrected chi connectivity index (χ3v) is 6.67. The molecule has 0 unspecified atom stereocenters. The second-order valence-corrected chi connectivity index (χ2v) is 7.04. The summed E-state index contributed by atoms with van der Waals surface area (Å²) in [7, 11) is 0. The summed E-state index contributed by atoms with van der Waals surface area (Å²) in [5.74, 6) is 0.959. The molecule has 0 N–H and O–H groups in total. The molecule has 3 fully saturated rings. The van der Waals surface area contributed by atoms with Crippen LogP contribution in [-0.2, 0) is 0 Å². The van der Waals surface area contributed by atoms with Gasteiger partial charge in [-0.15, -0.1) is 0 Å². The molecule has 3 aliphatic carbocycles. The second-order valence-electron chi connectivity index (χ2n) is 7.04. The summed E-state index contributed by atoms with van der Waals surface area (Å²) < 4.78 is 0. The SMILES string of the molecule is C=C(C)[C@]12CCC[C@@]3(C)[C@@H]1CC[C@]3(C)C2. The van der Waals surface area contributed by atoms with Crippen LogP contribution in [0, 0.1) is 22.2 Å². The van der Waals surface area contributed by atoms with Crippen molar-refractivity contribution in [1.82, 2.24) is 0 Å². The van der Waals surface area contributed by atoms with Crippen molar-refractivity contribution in [2.24, 2.45) is 22.2 Å². The van der Waals surface area contributed by atoms with Gasteiger partial charge in [0.2, 0.25) is 0 Å². The van der Waals surface area contributed by atoms with Gasteiger partial charge in [-0.3, -0.25) is 0 Å². The van der Waals surface area contributed by atoms with Crippen LogP contribution < -0.4 is 0 Å². The summed E-state index contributed by atoms with van der Waals surface area (Å²) in [4.78, 5) is 0. The van der Waals surface area contributed by atoms with Crippen molar-refractivity contribution in [3.8, 4) is 0 Å². The van der Waals surface area contributed by atoms with E-state index in [0.717, 1.165) is 5.92 Å². The summed E-state index contributed by atoms with van der Waals surface area (Å²) >= 11 is 0. The first-order valence-electron chi connectivity index (χ1n) is 6.61. The molecule has 0 amide bonds. The molecular formula is C15H24. The maximum atomic E-state index is 4.33.